The van der Waals surface area contributed by atoms with Gasteiger partial charge in [-0.15, -0.1) is 5.53 Å². The Kier molecular flexibility index (Phi) is 2.30. The summed E-state index contributed by atoms with van der Waals surface area (Å²) < 4.78 is 0.998. The molecule has 6 heteroatoms. The third-order valence-corrected chi connectivity index (χ3v) is 2.83. The Labute approximate surface area is 89.5 Å². The van der Waals surface area contributed by atoms with Crippen molar-refractivity contribution in [1.29, 1.82) is 0 Å². The first-order chi connectivity index (χ1) is 6.68. The van der Waals surface area contributed by atoms with Crippen LogP contribution in [-0.4, -0.2) is 6.03 Å². The van der Waals surface area contributed by atoms with Gasteiger partial charge in [0.25, 0.3) is 0 Å². The van der Waals surface area contributed by atoms with Crippen LogP contribution in [0.3, 0.4) is 0 Å². The summed E-state index contributed by atoms with van der Waals surface area (Å²) in [7, 11) is 0. The smallest absolute Gasteiger partial charge is 0.252 e. The first kappa shape index (κ1) is 9.29. The van der Waals surface area contributed by atoms with E-state index in [4.69, 9.17) is 0 Å². The van der Waals surface area contributed by atoms with Crippen LogP contribution in [0.25, 0.3) is 0 Å². The van der Waals surface area contributed by atoms with Crippen molar-refractivity contribution in [3.05, 3.63) is 28.2 Å². The van der Waals surface area contributed by atoms with Crippen LogP contribution in [0.4, 0.5) is 10.5 Å². The number of urea groups is 1. The van der Waals surface area contributed by atoms with Crippen molar-refractivity contribution >= 4 is 27.6 Å². The molecule has 2 rings (SSSR count). The molecule has 0 radical (unpaired) electrons. The first-order valence-electron chi connectivity index (χ1n) is 4.06. The first-order valence-corrected chi connectivity index (χ1v) is 4.85. The zero-order valence-electron chi connectivity index (χ0n) is 7.47. The van der Waals surface area contributed by atoms with Gasteiger partial charge in [-0.05, 0) is 24.6 Å². The molecule has 5 nitrogen and oxygen atoms in total. The van der Waals surface area contributed by atoms with Gasteiger partial charge in [0.15, 0.2) is 0 Å². The SMILES string of the molecule is Cc1c(Br)cccc1N1NNC(=O)N1. The van der Waals surface area contributed by atoms with E-state index in [0.717, 1.165) is 15.7 Å². The largest absolute Gasteiger partial charge is 0.350 e. The molecule has 0 saturated carbocycles. The van der Waals surface area contributed by atoms with Crippen LogP contribution in [0.1, 0.15) is 5.56 Å². The fourth-order valence-corrected chi connectivity index (χ4v) is 1.58. The second-order valence-corrected chi connectivity index (χ2v) is 3.75. The van der Waals surface area contributed by atoms with E-state index in [0.29, 0.717) is 0 Å². The highest BCUT2D eigenvalue weighted by molar-refractivity contribution is 9.10. The monoisotopic (exact) mass is 256 g/mol. The van der Waals surface area contributed by atoms with Gasteiger partial charge in [0, 0.05) is 4.47 Å². The standard InChI is InChI=1S/C8H9BrN4O/c1-5-6(9)3-2-4-7(5)13-11-8(14)10-12-13/h2-4,12H,1H3,(H2,10,11,14). The molecule has 1 aromatic rings. The van der Waals surface area contributed by atoms with Crippen LogP contribution in [0.15, 0.2) is 22.7 Å². The summed E-state index contributed by atoms with van der Waals surface area (Å²) in [5.74, 6) is 0. The molecular formula is C8H9BrN4O. The third kappa shape index (κ3) is 1.53. The van der Waals surface area contributed by atoms with E-state index >= 15 is 0 Å². The summed E-state index contributed by atoms with van der Waals surface area (Å²) in [6.07, 6.45) is 0. The number of anilines is 1. The van der Waals surface area contributed by atoms with Gasteiger partial charge in [-0.3, -0.25) is 5.43 Å². The minimum atomic E-state index is -0.274. The van der Waals surface area contributed by atoms with Gasteiger partial charge in [-0.1, -0.05) is 22.0 Å². The molecule has 0 aromatic heterocycles. The van der Waals surface area contributed by atoms with E-state index in [9.17, 15) is 4.79 Å². The van der Waals surface area contributed by atoms with E-state index in [-0.39, 0.29) is 6.03 Å². The lowest BCUT2D eigenvalue weighted by Crippen LogP contribution is -2.40. The number of rotatable bonds is 1. The highest BCUT2D eigenvalue weighted by Gasteiger charge is 2.19. The molecule has 0 aliphatic carbocycles. The van der Waals surface area contributed by atoms with Gasteiger partial charge in [-0.2, -0.15) is 5.12 Å². The maximum atomic E-state index is 10.9. The number of hydrogen-bond acceptors (Lipinski definition) is 3. The number of benzene rings is 1. The van der Waals surface area contributed by atoms with Crippen molar-refractivity contribution in [2.24, 2.45) is 0 Å². The molecule has 0 unspecified atom stereocenters. The quantitative estimate of drug-likeness (QED) is 0.708. The molecule has 74 valence electrons. The summed E-state index contributed by atoms with van der Waals surface area (Å²) in [6, 6.07) is 5.48. The van der Waals surface area contributed by atoms with Gasteiger partial charge in [0.2, 0.25) is 0 Å². The summed E-state index contributed by atoms with van der Waals surface area (Å²) in [4.78, 5) is 10.9. The average molecular weight is 257 g/mol. The molecule has 1 aliphatic rings. The molecule has 14 heavy (non-hydrogen) atoms. The van der Waals surface area contributed by atoms with E-state index < -0.39 is 0 Å². The number of carbonyl (C=O) groups is 1. The lowest BCUT2D eigenvalue weighted by molar-refractivity contribution is 0.247. The Morgan fingerprint density at radius 3 is 2.86 bits per heavy atom. The lowest BCUT2D eigenvalue weighted by Gasteiger charge is -2.18. The zero-order chi connectivity index (χ0) is 10.1. The minimum Gasteiger partial charge on any atom is -0.252 e. The van der Waals surface area contributed by atoms with Crippen LogP contribution in [0.5, 0.6) is 0 Å². The van der Waals surface area contributed by atoms with E-state index in [1.165, 1.54) is 5.12 Å². The van der Waals surface area contributed by atoms with Crippen molar-refractivity contribution in [2.75, 3.05) is 5.12 Å². The van der Waals surface area contributed by atoms with Gasteiger partial charge < -0.3 is 0 Å². The molecule has 1 fully saturated rings. The Morgan fingerprint density at radius 2 is 2.21 bits per heavy atom. The number of carbonyl (C=O) groups excluding carboxylic acids is 1. The molecule has 0 bridgehead atoms. The van der Waals surface area contributed by atoms with Gasteiger partial charge in [0.1, 0.15) is 0 Å². The minimum absolute atomic E-state index is 0.274. The fraction of sp³-hybridized carbons (Fsp3) is 0.125. The number of halogens is 1. The molecule has 3 N–H and O–H groups in total. The van der Waals surface area contributed by atoms with Crippen LogP contribution in [-0.2, 0) is 0 Å². The normalized spacial score (nSPS) is 15.3. The van der Waals surface area contributed by atoms with Gasteiger partial charge >= 0.3 is 6.03 Å². The molecule has 0 spiro atoms. The predicted octanol–water partition coefficient (Wildman–Crippen LogP) is 1.21. The molecule has 1 heterocycles. The number of nitrogens with zero attached hydrogens (tertiary/aromatic N) is 1. The second-order valence-electron chi connectivity index (χ2n) is 2.90. The van der Waals surface area contributed by atoms with Crippen molar-refractivity contribution in [2.45, 2.75) is 6.92 Å². The Morgan fingerprint density at radius 1 is 1.43 bits per heavy atom. The topological polar surface area (TPSA) is 56.4 Å². The van der Waals surface area contributed by atoms with Gasteiger partial charge in [0.05, 0.1) is 5.69 Å². The number of nitrogens with one attached hydrogen (secondary N) is 3. The molecular weight excluding hydrogens is 248 g/mol. The highest BCUT2D eigenvalue weighted by Crippen LogP contribution is 2.25. The lowest BCUT2D eigenvalue weighted by atomic mass is 10.2. The van der Waals surface area contributed by atoms with E-state index in [1.807, 2.05) is 25.1 Å². The molecule has 1 saturated heterocycles. The number of amides is 2. The van der Waals surface area contributed by atoms with Crippen LogP contribution >= 0.6 is 15.9 Å². The Balaban J connectivity index is 2.32. The summed E-state index contributed by atoms with van der Waals surface area (Å²) in [5.41, 5.74) is 9.64. The predicted molar refractivity (Wildman–Crippen MR) is 56.2 cm³/mol. The zero-order valence-corrected chi connectivity index (χ0v) is 9.05. The molecule has 2 amide bonds. The van der Waals surface area contributed by atoms with Gasteiger partial charge in [-0.25, -0.2) is 10.2 Å². The summed E-state index contributed by atoms with van der Waals surface area (Å²) in [5, 5.41) is 1.53. The van der Waals surface area contributed by atoms with Crippen LogP contribution in [0.2, 0.25) is 0 Å². The van der Waals surface area contributed by atoms with Crippen LogP contribution < -0.4 is 21.5 Å². The van der Waals surface area contributed by atoms with Crippen molar-refractivity contribution in [3.8, 4) is 0 Å². The number of hydrazine groups is 3. The fourth-order valence-electron chi connectivity index (χ4n) is 1.22. The summed E-state index contributed by atoms with van der Waals surface area (Å²) in [6.45, 7) is 1.96. The number of hydrogen-bond donors (Lipinski definition) is 3. The Bertz CT molecular complexity index is 382. The maximum absolute atomic E-state index is 10.9. The second kappa shape index (κ2) is 3.47. The van der Waals surface area contributed by atoms with E-state index in [1.54, 1.807) is 0 Å². The van der Waals surface area contributed by atoms with Crippen molar-refractivity contribution in [1.82, 2.24) is 16.4 Å². The average Bonchev–Trinajstić information content (AvgIpc) is 2.57. The third-order valence-electron chi connectivity index (χ3n) is 1.97. The molecule has 0 atom stereocenters. The van der Waals surface area contributed by atoms with Crippen molar-refractivity contribution in [3.63, 3.8) is 0 Å². The Hall–Kier alpha value is -1.27. The molecule has 1 aromatic carbocycles. The maximum Gasteiger partial charge on any atom is 0.350 e. The molecule has 1 aliphatic heterocycles. The summed E-state index contributed by atoms with van der Waals surface area (Å²) >= 11 is 3.42. The van der Waals surface area contributed by atoms with Crippen LogP contribution in [0, 0.1) is 6.92 Å². The highest BCUT2D eigenvalue weighted by atomic mass is 79.9. The van der Waals surface area contributed by atoms with Crippen molar-refractivity contribution < 1.29 is 4.79 Å². The van der Waals surface area contributed by atoms with E-state index in [2.05, 4.69) is 32.3 Å².